The number of hydrogen-bond donors (Lipinski definition) is 7. The molecule has 0 saturated heterocycles. The van der Waals surface area contributed by atoms with Gasteiger partial charge in [-0.1, -0.05) is 12.1 Å². The topological polar surface area (TPSA) is 200 Å². The number of nitrogens with two attached hydrogens (primary N) is 3. The molecule has 11 nitrogen and oxygen atoms in total. The lowest BCUT2D eigenvalue weighted by atomic mass is 10.1. The first-order chi connectivity index (χ1) is 13.2. The molecule has 1 aromatic heterocycles. The fourth-order valence-corrected chi connectivity index (χ4v) is 2.27. The Morgan fingerprint density at radius 3 is 2.82 bits per heavy atom. The predicted octanol–water partition coefficient (Wildman–Crippen LogP) is -0.0534. The van der Waals surface area contributed by atoms with Crippen LogP contribution < -0.4 is 22.6 Å². The minimum absolute atomic E-state index is 0.00405. The Morgan fingerprint density at radius 1 is 1.43 bits per heavy atom. The summed E-state index contributed by atoms with van der Waals surface area (Å²) in [6.45, 7) is 1.48. The van der Waals surface area contributed by atoms with Gasteiger partial charge in [0.05, 0.1) is 18.0 Å². The largest absolute Gasteiger partial charge is 0.506 e. The van der Waals surface area contributed by atoms with Crippen molar-refractivity contribution in [2.75, 3.05) is 12.3 Å². The Labute approximate surface area is 160 Å². The molecular formula is C17H22N8O3. The molecule has 0 bridgehead atoms. The quantitative estimate of drug-likeness (QED) is 0.183. The molecule has 10 N–H and O–H groups in total. The van der Waals surface area contributed by atoms with Gasteiger partial charge in [-0.2, -0.15) is 0 Å². The molecule has 1 atom stereocenters. The Hall–Kier alpha value is -3.86. The van der Waals surface area contributed by atoms with Crippen molar-refractivity contribution < 1.29 is 15.0 Å². The van der Waals surface area contributed by atoms with Crippen molar-refractivity contribution in [2.24, 2.45) is 11.6 Å². The number of benzene rings is 1. The van der Waals surface area contributed by atoms with Crippen molar-refractivity contribution in [2.45, 2.75) is 13.0 Å². The second-order valence-corrected chi connectivity index (χ2v) is 5.95. The number of aliphatic carboxylic acids is 1. The van der Waals surface area contributed by atoms with E-state index in [1.807, 2.05) is 0 Å². The van der Waals surface area contributed by atoms with E-state index in [0.717, 1.165) is 0 Å². The molecule has 0 amide bonds. The third kappa shape index (κ3) is 5.08. The van der Waals surface area contributed by atoms with E-state index < -0.39 is 12.0 Å². The van der Waals surface area contributed by atoms with Crippen LogP contribution in [-0.4, -0.2) is 49.5 Å². The van der Waals surface area contributed by atoms with E-state index in [0.29, 0.717) is 11.1 Å². The van der Waals surface area contributed by atoms with Gasteiger partial charge in [-0.25, -0.2) is 15.8 Å². The number of hydrogen-bond acceptors (Lipinski definition) is 10. The first-order valence-corrected chi connectivity index (χ1v) is 8.16. The van der Waals surface area contributed by atoms with Crippen LogP contribution in [0.15, 0.2) is 36.7 Å². The Morgan fingerprint density at radius 2 is 2.14 bits per heavy atom. The molecule has 0 radical (unpaired) electrons. The molecule has 0 fully saturated rings. The lowest BCUT2D eigenvalue weighted by molar-refractivity contribution is -0.138. The summed E-state index contributed by atoms with van der Waals surface area (Å²) in [5.41, 5.74) is 12.6. The number of fused-ring (bicyclic) bond motifs is 1. The van der Waals surface area contributed by atoms with Crippen LogP contribution in [0.2, 0.25) is 0 Å². The van der Waals surface area contributed by atoms with E-state index in [2.05, 4.69) is 15.3 Å². The normalized spacial score (nSPS) is 12.9. The highest BCUT2D eigenvalue weighted by atomic mass is 16.4. The van der Waals surface area contributed by atoms with Crippen molar-refractivity contribution in [3.8, 4) is 5.75 Å². The molecule has 1 aromatic carbocycles. The van der Waals surface area contributed by atoms with Crippen LogP contribution in [0.3, 0.4) is 0 Å². The zero-order valence-electron chi connectivity index (χ0n) is 15.1. The number of nitrogen functional groups attached to an aromatic ring is 1. The van der Waals surface area contributed by atoms with Crippen molar-refractivity contribution in [3.63, 3.8) is 0 Å². The summed E-state index contributed by atoms with van der Waals surface area (Å²) in [6.07, 6.45) is 4.13. The van der Waals surface area contributed by atoms with E-state index in [4.69, 9.17) is 27.8 Å². The lowest BCUT2D eigenvalue weighted by Gasteiger charge is -2.15. The SMILES string of the molecule is CC(N/C=C\C(=N)CN(N)/C=C(\N)c1nc(N)nc2c(O)cccc12)C(=O)O. The monoisotopic (exact) mass is 386 g/mol. The van der Waals surface area contributed by atoms with Gasteiger partial charge in [0.15, 0.2) is 0 Å². The molecule has 0 aliphatic rings. The summed E-state index contributed by atoms with van der Waals surface area (Å²) in [5.74, 6) is 4.75. The molecule has 0 saturated carbocycles. The van der Waals surface area contributed by atoms with Crippen molar-refractivity contribution in [1.29, 1.82) is 5.41 Å². The van der Waals surface area contributed by atoms with E-state index >= 15 is 0 Å². The molecule has 2 aromatic rings. The number of rotatable bonds is 8. The van der Waals surface area contributed by atoms with Gasteiger partial charge >= 0.3 is 5.97 Å². The molecule has 0 spiro atoms. The second-order valence-electron chi connectivity index (χ2n) is 5.95. The van der Waals surface area contributed by atoms with Gasteiger partial charge in [0.25, 0.3) is 0 Å². The van der Waals surface area contributed by atoms with E-state index in [-0.39, 0.29) is 35.2 Å². The predicted molar refractivity (Wildman–Crippen MR) is 106 cm³/mol. The van der Waals surface area contributed by atoms with Gasteiger partial charge in [-0.15, -0.1) is 0 Å². The van der Waals surface area contributed by atoms with Gasteiger partial charge < -0.3 is 37.4 Å². The molecule has 0 aliphatic heterocycles. The average Bonchev–Trinajstić information content (AvgIpc) is 2.61. The summed E-state index contributed by atoms with van der Waals surface area (Å²) in [6, 6.07) is 4.01. The molecule has 0 aliphatic carbocycles. The van der Waals surface area contributed by atoms with Crippen LogP contribution in [0, 0.1) is 5.41 Å². The maximum Gasteiger partial charge on any atom is 0.325 e. The number of phenolic OH excluding ortho intramolecular Hbond substituents is 1. The fraction of sp³-hybridized carbons (Fsp3) is 0.176. The van der Waals surface area contributed by atoms with Crippen LogP contribution in [0.4, 0.5) is 5.95 Å². The lowest BCUT2D eigenvalue weighted by Crippen LogP contribution is -2.32. The van der Waals surface area contributed by atoms with Crippen LogP contribution in [0.5, 0.6) is 5.75 Å². The molecule has 28 heavy (non-hydrogen) atoms. The number of nitrogens with one attached hydrogen (secondary N) is 2. The van der Waals surface area contributed by atoms with Gasteiger partial charge in [0.1, 0.15) is 23.0 Å². The number of nitrogens with zero attached hydrogens (tertiary/aromatic N) is 3. The molecule has 1 heterocycles. The fourth-order valence-electron chi connectivity index (χ4n) is 2.27. The van der Waals surface area contributed by atoms with Crippen LogP contribution in [0.1, 0.15) is 12.6 Å². The highest BCUT2D eigenvalue weighted by Gasteiger charge is 2.12. The van der Waals surface area contributed by atoms with Gasteiger partial charge in [-0.05, 0) is 25.3 Å². The van der Waals surface area contributed by atoms with E-state index in [9.17, 15) is 9.90 Å². The smallest absolute Gasteiger partial charge is 0.325 e. The van der Waals surface area contributed by atoms with Crippen molar-refractivity contribution >= 4 is 34.2 Å². The minimum atomic E-state index is -1.00. The number of carbonyl (C=O) groups is 1. The molecule has 11 heteroatoms. The van der Waals surface area contributed by atoms with Crippen LogP contribution in [0.25, 0.3) is 16.6 Å². The van der Waals surface area contributed by atoms with E-state index in [1.165, 1.54) is 36.5 Å². The van der Waals surface area contributed by atoms with Crippen LogP contribution in [-0.2, 0) is 4.79 Å². The third-order valence-electron chi connectivity index (χ3n) is 3.65. The number of phenols is 1. The highest BCUT2D eigenvalue weighted by molar-refractivity contribution is 5.95. The number of aromatic nitrogens is 2. The summed E-state index contributed by atoms with van der Waals surface area (Å²) >= 11 is 0. The average molecular weight is 386 g/mol. The van der Waals surface area contributed by atoms with Crippen LogP contribution >= 0.6 is 0 Å². The van der Waals surface area contributed by atoms with Gasteiger partial charge in [0, 0.05) is 11.6 Å². The number of aromatic hydroxyl groups is 1. The number of carboxylic acid groups (broad SMARTS) is 1. The standard InChI is InChI=1S/C17H22N8O3/c1-9(16(27)28)22-6-5-10(18)7-25(21)8-12(19)14-11-3-2-4-13(26)15(11)24-17(20)23-14/h2-6,8-9,18,22,26H,7,19,21H2,1H3,(H,27,28)(H2,20,23,24)/b6-5-,12-8-,18-10?. The summed E-state index contributed by atoms with van der Waals surface area (Å²) in [4.78, 5) is 18.8. The summed E-state index contributed by atoms with van der Waals surface area (Å²) < 4.78 is 0. The first kappa shape index (κ1) is 20.5. The maximum absolute atomic E-state index is 10.7. The van der Waals surface area contributed by atoms with Gasteiger partial charge in [-0.3, -0.25) is 4.79 Å². The Kier molecular flexibility index (Phi) is 6.34. The number of hydrazine groups is 1. The number of anilines is 1. The third-order valence-corrected chi connectivity index (χ3v) is 3.65. The zero-order chi connectivity index (χ0) is 20.8. The molecule has 1 unspecified atom stereocenters. The summed E-state index contributed by atoms with van der Waals surface area (Å²) in [5, 5.41) is 30.9. The van der Waals surface area contributed by atoms with E-state index in [1.54, 1.807) is 12.1 Å². The van der Waals surface area contributed by atoms with Gasteiger partial charge in [0.2, 0.25) is 5.95 Å². The second kappa shape index (κ2) is 8.68. The highest BCUT2D eigenvalue weighted by Crippen LogP contribution is 2.27. The molecular weight excluding hydrogens is 364 g/mol. The number of carboxylic acids is 1. The van der Waals surface area contributed by atoms with Crippen molar-refractivity contribution in [1.82, 2.24) is 20.3 Å². The first-order valence-electron chi connectivity index (χ1n) is 8.16. The molecule has 148 valence electrons. The summed E-state index contributed by atoms with van der Waals surface area (Å²) in [7, 11) is 0. The number of para-hydroxylation sites is 1. The zero-order valence-corrected chi connectivity index (χ0v) is 15.1. The minimum Gasteiger partial charge on any atom is -0.506 e. The maximum atomic E-state index is 10.7. The molecule has 2 rings (SSSR count). The van der Waals surface area contributed by atoms with Crippen molar-refractivity contribution in [3.05, 3.63) is 42.4 Å². The Bertz CT molecular complexity index is 957. The Balaban J connectivity index is 2.14.